The van der Waals surface area contributed by atoms with E-state index in [1.165, 1.54) is 0 Å². The van der Waals surface area contributed by atoms with Gasteiger partial charge < -0.3 is 4.74 Å². The predicted molar refractivity (Wildman–Crippen MR) is 84.4 cm³/mol. The van der Waals surface area contributed by atoms with Gasteiger partial charge in [0.15, 0.2) is 0 Å². The van der Waals surface area contributed by atoms with E-state index in [1.807, 2.05) is 54.6 Å². The molecular formula is C18H12ClNO. The van der Waals surface area contributed by atoms with E-state index >= 15 is 0 Å². The van der Waals surface area contributed by atoms with Crippen molar-refractivity contribution in [1.82, 2.24) is 0 Å². The fourth-order valence-corrected chi connectivity index (χ4v) is 2.50. The van der Waals surface area contributed by atoms with E-state index in [4.69, 9.17) is 21.6 Å². The summed E-state index contributed by atoms with van der Waals surface area (Å²) in [6, 6.07) is 21.2. The van der Waals surface area contributed by atoms with Crippen LogP contribution in [0.1, 0.15) is 11.1 Å². The maximum Gasteiger partial charge on any atom is 0.127 e. The molecule has 0 heterocycles. The summed E-state index contributed by atoms with van der Waals surface area (Å²) in [6.45, 7) is 0.441. The smallest absolute Gasteiger partial charge is 0.127 e. The van der Waals surface area contributed by atoms with Crippen LogP contribution >= 0.6 is 11.6 Å². The van der Waals surface area contributed by atoms with Gasteiger partial charge in [-0.1, -0.05) is 48.0 Å². The Balaban J connectivity index is 1.93. The lowest BCUT2D eigenvalue weighted by molar-refractivity contribution is 0.310. The Morgan fingerprint density at radius 1 is 0.952 bits per heavy atom. The molecule has 3 aromatic carbocycles. The summed E-state index contributed by atoms with van der Waals surface area (Å²) in [5.74, 6) is 0.768. The topological polar surface area (TPSA) is 33.0 Å². The summed E-state index contributed by atoms with van der Waals surface area (Å²) in [5.41, 5.74) is 1.66. The Morgan fingerprint density at radius 3 is 2.52 bits per heavy atom. The molecule has 0 bridgehead atoms. The first kappa shape index (κ1) is 13.5. The van der Waals surface area contributed by atoms with Crippen LogP contribution in [-0.4, -0.2) is 0 Å². The molecule has 0 amide bonds. The number of rotatable bonds is 3. The number of nitriles is 1. The zero-order valence-electron chi connectivity index (χ0n) is 11.2. The quantitative estimate of drug-likeness (QED) is 0.685. The zero-order chi connectivity index (χ0) is 14.7. The Labute approximate surface area is 128 Å². The van der Waals surface area contributed by atoms with Gasteiger partial charge in [0.1, 0.15) is 12.4 Å². The molecular weight excluding hydrogens is 282 g/mol. The lowest BCUT2D eigenvalue weighted by atomic mass is 10.0. The average molecular weight is 294 g/mol. The molecule has 0 aliphatic carbocycles. The van der Waals surface area contributed by atoms with Crippen LogP contribution in [0.15, 0.2) is 60.7 Å². The molecule has 0 aliphatic rings. The molecule has 2 nitrogen and oxygen atoms in total. The fraction of sp³-hybridized carbons (Fsp3) is 0.0556. The molecule has 3 aromatic rings. The number of fused-ring (bicyclic) bond motifs is 1. The third-order valence-corrected chi connectivity index (χ3v) is 3.52. The first-order valence-corrected chi connectivity index (χ1v) is 6.95. The maximum absolute atomic E-state index is 9.16. The normalized spacial score (nSPS) is 10.3. The highest BCUT2D eigenvalue weighted by molar-refractivity contribution is 6.30. The predicted octanol–water partition coefficient (Wildman–Crippen LogP) is 4.94. The standard InChI is InChI=1S/C18H12ClNO/c19-15-5-3-4-13(10-15)12-21-18-9-8-14(11-20)16-6-1-2-7-17(16)18/h1-10H,12H2. The van der Waals surface area contributed by atoms with Crippen molar-refractivity contribution in [2.75, 3.05) is 0 Å². The summed E-state index contributed by atoms with van der Waals surface area (Å²) in [6.07, 6.45) is 0. The molecule has 0 saturated heterocycles. The molecule has 3 heteroatoms. The third kappa shape index (κ3) is 2.84. The maximum atomic E-state index is 9.16. The number of hydrogen-bond donors (Lipinski definition) is 0. The Morgan fingerprint density at radius 2 is 1.76 bits per heavy atom. The van der Waals surface area contributed by atoms with Crippen molar-refractivity contribution in [2.24, 2.45) is 0 Å². The zero-order valence-corrected chi connectivity index (χ0v) is 12.0. The van der Waals surface area contributed by atoms with Crippen molar-refractivity contribution in [3.05, 3.63) is 76.8 Å². The third-order valence-electron chi connectivity index (χ3n) is 3.29. The van der Waals surface area contributed by atoms with Crippen molar-refractivity contribution in [3.8, 4) is 11.8 Å². The summed E-state index contributed by atoms with van der Waals surface area (Å²) >= 11 is 5.97. The van der Waals surface area contributed by atoms with Crippen LogP contribution in [0.2, 0.25) is 5.02 Å². The Kier molecular flexibility index (Phi) is 3.77. The minimum Gasteiger partial charge on any atom is -0.488 e. The van der Waals surface area contributed by atoms with Crippen LogP contribution in [0.5, 0.6) is 5.75 Å². The first-order valence-electron chi connectivity index (χ1n) is 6.57. The van der Waals surface area contributed by atoms with Gasteiger partial charge in [0.2, 0.25) is 0 Å². The summed E-state index contributed by atoms with van der Waals surface area (Å²) in [5, 5.41) is 11.7. The van der Waals surface area contributed by atoms with E-state index in [2.05, 4.69) is 6.07 Å². The van der Waals surface area contributed by atoms with Crippen LogP contribution in [0, 0.1) is 11.3 Å². The number of hydrogen-bond acceptors (Lipinski definition) is 2. The minimum absolute atomic E-state index is 0.441. The van der Waals surface area contributed by atoms with Gasteiger partial charge in [0, 0.05) is 15.8 Å². The molecule has 3 rings (SSSR count). The van der Waals surface area contributed by atoms with Crippen molar-refractivity contribution in [1.29, 1.82) is 5.26 Å². The lowest BCUT2D eigenvalue weighted by Crippen LogP contribution is -1.96. The average Bonchev–Trinajstić information content (AvgIpc) is 2.52. The van der Waals surface area contributed by atoms with E-state index < -0.39 is 0 Å². The van der Waals surface area contributed by atoms with Gasteiger partial charge in [-0.25, -0.2) is 0 Å². The second-order valence-corrected chi connectivity index (χ2v) is 5.12. The van der Waals surface area contributed by atoms with Gasteiger partial charge in [-0.2, -0.15) is 5.26 Å². The van der Waals surface area contributed by atoms with Gasteiger partial charge in [-0.15, -0.1) is 0 Å². The van der Waals surface area contributed by atoms with Gasteiger partial charge in [-0.3, -0.25) is 0 Å². The van der Waals surface area contributed by atoms with Crippen molar-refractivity contribution in [3.63, 3.8) is 0 Å². The van der Waals surface area contributed by atoms with Crippen LogP contribution in [-0.2, 0) is 6.61 Å². The highest BCUT2D eigenvalue weighted by Crippen LogP contribution is 2.29. The van der Waals surface area contributed by atoms with Crippen LogP contribution in [0.25, 0.3) is 10.8 Å². The van der Waals surface area contributed by atoms with Gasteiger partial charge in [0.25, 0.3) is 0 Å². The molecule has 0 aliphatic heterocycles. The molecule has 0 aromatic heterocycles. The van der Waals surface area contributed by atoms with Gasteiger partial charge in [-0.05, 0) is 29.8 Å². The SMILES string of the molecule is N#Cc1ccc(OCc2cccc(Cl)c2)c2ccccc12. The van der Waals surface area contributed by atoms with Gasteiger partial charge in [0.05, 0.1) is 11.6 Å². The molecule has 0 radical (unpaired) electrons. The molecule has 102 valence electrons. The van der Waals surface area contributed by atoms with Crippen LogP contribution in [0.4, 0.5) is 0 Å². The van der Waals surface area contributed by atoms with E-state index in [9.17, 15) is 0 Å². The second-order valence-electron chi connectivity index (χ2n) is 4.69. The lowest BCUT2D eigenvalue weighted by Gasteiger charge is -2.10. The van der Waals surface area contributed by atoms with Gasteiger partial charge >= 0.3 is 0 Å². The van der Waals surface area contributed by atoms with E-state index in [0.717, 1.165) is 22.1 Å². The Hall–Kier alpha value is -2.50. The minimum atomic E-state index is 0.441. The van der Waals surface area contributed by atoms with E-state index in [0.29, 0.717) is 17.2 Å². The summed E-state index contributed by atoms with van der Waals surface area (Å²) in [7, 11) is 0. The molecule has 0 N–H and O–H groups in total. The largest absolute Gasteiger partial charge is 0.488 e. The molecule has 0 unspecified atom stereocenters. The number of halogens is 1. The number of ether oxygens (including phenoxy) is 1. The Bertz CT molecular complexity index is 836. The van der Waals surface area contributed by atoms with Crippen LogP contribution in [0.3, 0.4) is 0 Å². The molecule has 0 saturated carbocycles. The van der Waals surface area contributed by atoms with E-state index in [-0.39, 0.29) is 0 Å². The molecule has 0 fully saturated rings. The van der Waals surface area contributed by atoms with Crippen molar-refractivity contribution >= 4 is 22.4 Å². The second kappa shape index (κ2) is 5.87. The molecule has 0 atom stereocenters. The summed E-state index contributed by atoms with van der Waals surface area (Å²) in [4.78, 5) is 0. The first-order chi connectivity index (χ1) is 10.3. The van der Waals surface area contributed by atoms with E-state index in [1.54, 1.807) is 6.07 Å². The van der Waals surface area contributed by atoms with Crippen molar-refractivity contribution in [2.45, 2.75) is 6.61 Å². The highest BCUT2D eigenvalue weighted by atomic mass is 35.5. The monoisotopic (exact) mass is 293 g/mol. The number of nitrogens with zero attached hydrogens (tertiary/aromatic N) is 1. The summed E-state index contributed by atoms with van der Waals surface area (Å²) < 4.78 is 5.89. The van der Waals surface area contributed by atoms with Crippen LogP contribution < -0.4 is 4.74 Å². The van der Waals surface area contributed by atoms with Crippen molar-refractivity contribution < 1.29 is 4.74 Å². The number of benzene rings is 3. The highest BCUT2D eigenvalue weighted by Gasteiger charge is 2.06. The fourth-order valence-electron chi connectivity index (χ4n) is 2.28. The molecule has 21 heavy (non-hydrogen) atoms. The molecule has 0 spiro atoms.